The first-order chi connectivity index (χ1) is 12.5. The van der Waals surface area contributed by atoms with Gasteiger partial charge in [0.2, 0.25) is 0 Å². The maximum absolute atomic E-state index is 6.09. The smallest absolute Gasteiger partial charge is 0.175 e. The van der Waals surface area contributed by atoms with E-state index < -0.39 is 0 Å². The number of aryl methyl sites for hydroxylation is 1. The van der Waals surface area contributed by atoms with Gasteiger partial charge in [-0.3, -0.25) is 0 Å². The molecule has 0 amide bonds. The number of nitrogens with zero attached hydrogens (tertiary/aromatic N) is 4. The van der Waals surface area contributed by atoms with Crippen LogP contribution in [0.25, 0.3) is 11.2 Å². The van der Waals surface area contributed by atoms with Crippen LogP contribution in [0.3, 0.4) is 0 Å². The Hall–Kier alpha value is -2.03. The Bertz CT molecular complexity index is 910. The average Bonchev–Trinajstić information content (AvgIpc) is 2.93. The molecule has 0 spiro atoms. The van der Waals surface area contributed by atoms with Crippen LogP contribution >= 0.6 is 23.4 Å². The molecule has 0 aliphatic carbocycles. The van der Waals surface area contributed by atoms with Crippen LogP contribution in [0.15, 0.2) is 34.6 Å². The zero-order valence-corrected chi connectivity index (χ0v) is 16.3. The predicted octanol–water partition coefficient (Wildman–Crippen LogP) is 3.18. The van der Waals surface area contributed by atoms with E-state index in [0.29, 0.717) is 28.1 Å². The van der Waals surface area contributed by atoms with Crippen LogP contribution in [-0.4, -0.2) is 32.1 Å². The van der Waals surface area contributed by atoms with Gasteiger partial charge in [0.25, 0.3) is 0 Å². The minimum absolute atomic E-state index is 0.375. The lowest BCUT2D eigenvalue weighted by Gasteiger charge is -2.11. The largest absolute Gasteiger partial charge is 0.398 e. The molecule has 2 heterocycles. The number of anilines is 2. The fourth-order valence-corrected chi connectivity index (χ4v) is 3.67. The lowest BCUT2D eigenvalue weighted by atomic mass is 10.3. The van der Waals surface area contributed by atoms with E-state index >= 15 is 0 Å². The summed E-state index contributed by atoms with van der Waals surface area (Å²) in [7, 11) is 0. The molecule has 0 aliphatic rings. The molecule has 0 radical (unpaired) electrons. The first-order valence-corrected chi connectivity index (χ1v) is 9.58. The molecule has 138 valence electrons. The summed E-state index contributed by atoms with van der Waals surface area (Å²) in [5.41, 5.74) is 14.0. The Morgan fingerprint density at radius 1 is 1.27 bits per heavy atom. The summed E-state index contributed by atoms with van der Waals surface area (Å²) >= 11 is 7.47. The lowest BCUT2D eigenvalue weighted by molar-refractivity contribution is 0.525. The van der Waals surface area contributed by atoms with Crippen molar-refractivity contribution < 1.29 is 0 Å². The van der Waals surface area contributed by atoms with Crippen molar-refractivity contribution in [1.82, 2.24) is 24.8 Å². The number of imidazole rings is 1. The molecule has 0 atom stereocenters. The number of hydrogen-bond donors (Lipinski definition) is 3. The Morgan fingerprint density at radius 2 is 2.08 bits per heavy atom. The quantitative estimate of drug-likeness (QED) is 0.419. The second kappa shape index (κ2) is 8.11. The minimum atomic E-state index is 0.375. The van der Waals surface area contributed by atoms with Crippen LogP contribution < -0.4 is 16.8 Å². The molecule has 0 bridgehead atoms. The molecule has 0 saturated heterocycles. The number of rotatable bonds is 7. The molecule has 0 unspecified atom stereocenters. The van der Waals surface area contributed by atoms with Crippen LogP contribution in [0.1, 0.15) is 20.3 Å². The van der Waals surface area contributed by atoms with E-state index in [4.69, 9.17) is 23.1 Å². The number of aromatic nitrogens is 4. The van der Waals surface area contributed by atoms with Crippen LogP contribution in [0, 0.1) is 0 Å². The molecule has 0 aliphatic heterocycles. The van der Waals surface area contributed by atoms with Gasteiger partial charge in [-0.2, -0.15) is 0 Å². The number of halogens is 1. The van der Waals surface area contributed by atoms with Crippen molar-refractivity contribution in [2.75, 3.05) is 18.0 Å². The maximum atomic E-state index is 6.09. The number of nitrogens with one attached hydrogen (secondary N) is 1. The Kier molecular flexibility index (Phi) is 5.85. The molecule has 2 aromatic heterocycles. The van der Waals surface area contributed by atoms with Crippen molar-refractivity contribution in [2.45, 2.75) is 42.9 Å². The summed E-state index contributed by atoms with van der Waals surface area (Å²) in [6.07, 6.45) is 2.41. The van der Waals surface area contributed by atoms with E-state index in [1.165, 1.54) is 18.1 Å². The number of fused-ring (bicyclic) bond motifs is 1. The highest BCUT2D eigenvalue weighted by Crippen LogP contribution is 2.35. The summed E-state index contributed by atoms with van der Waals surface area (Å²) in [5, 5.41) is 4.81. The van der Waals surface area contributed by atoms with E-state index in [0.717, 1.165) is 35.2 Å². The van der Waals surface area contributed by atoms with E-state index in [1.54, 1.807) is 6.07 Å². The predicted molar refractivity (Wildman–Crippen MR) is 107 cm³/mol. The first kappa shape index (κ1) is 18.8. The van der Waals surface area contributed by atoms with E-state index in [2.05, 4.69) is 38.7 Å². The number of nitrogens with two attached hydrogens (primary N) is 2. The molecular formula is C17H22ClN7S. The van der Waals surface area contributed by atoms with Gasteiger partial charge in [0.15, 0.2) is 22.1 Å². The Morgan fingerprint density at radius 3 is 2.81 bits per heavy atom. The first-order valence-electron chi connectivity index (χ1n) is 8.38. The van der Waals surface area contributed by atoms with Crippen LogP contribution in [0.2, 0.25) is 5.02 Å². The van der Waals surface area contributed by atoms with Crippen LogP contribution in [0.4, 0.5) is 11.5 Å². The second-order valence-corrected chi connectivity index (χ2v) is 7.67. The number of benzene rings is 1. The summed E-state index contributed by atoms with van der Waals surface area (Å²) in [6, 6.07) is 5.89. The zero-order chi connectivity index (χ0) is 18.7. The number of nitrogen functional groups attached to an aromatic ring is 2. The van der Waals surface area contributed by atoms with Crippen molar-refractivity contribution >= 4 is 46.0 Å². The van der Waals surface area contributed by atoms with Crippen molar-refractivity contribution in [3.05, 3.63) is 29.5 Å². The van der Waals surface area contributed by atoms with Gasteiger partial charge in [0, 0.05) is 28.2 Å². The molecular weight excluding hydrogens is 370 g/mol. The Balaban J connectivity index is 1.92. The topological polar surface area (TPSA) is 108 Å². The van der Waals surface area contributed by atoms with Crippen molar-refractivity contribution in [3.63, 3.8) is 0 Å². The average molecular weight is 392 g/mol. The van der Waals surface area contributed by atoms with E-state index in [-0.39, 0.29) is 0 Å². The molecule has 5 N–H and O–H groups in total. The fraction of sp³-hybridized carbons (Fsp3) is 0.353. The molecule has 0 saturated carbocycles. The van der Waals surface area contributed by atoms with Gasteiger partial charge in [-0.05, 0) is 42.9 Å². The van der Waals surface area contributed by atoms with Gasteiger partial charge in [-0.1, -0.05) is 25.4 Å². The third-order valence-corrected chi connectivity index (χ3v) is 5.13. The zero-order valence-electron chi connectivity index (χ0n) is 14.7. The van der Waals surface area contributed by atoms with Gasteiger partial charge >= 0.3 is 0 Å². The molecule has 9 heteroatoms. The molecule has 7 nitrogen and oxygen atoms in total. The van der Waals surface area contributed by atoms with Gasteiger partial charge in [-0.25, -0.2) is 15.0 Å². The highest BCUT2D eigenvalue weighted by atomic mass is 35.5. The maximum Gasteiger partial charge on any atom is 0.175 e. The molecule has 0 fully saturated rings. The van der Waals surface area contributed by atoms with Gasteiger partial charge in [-0.15, -0.1) is 0 Å². The van der Waals surface area contributed by atoms with Crippen molar-refractivity contribution in [3.8, 4) is 0 Å². The van der Waals surface area contributed by atoms with Gasteiger partial charge < -0.3 is 21.4 Å². The molecule has 3 rings (SSSR count). The van der Waals surface area contributed by atoms with Gasteiger partial charge in [0.1, 0.15) is 6.33 Å². The minimum Gasteiger partial charge on any atom is -0.398 e. The molecule has 26 heavy (non-hydrogen) atoms. The monoisotopic (exact) mass is 391 g/mol. The molecule has 1 aromatic carbocycles. The van der Waals surface area contributed by atoms with E-state index in [9.17, 15) is 0 Å². The second-order valence-electron chi connectivity index (χ2n) is 6.22. The summed E-state index contributed by atoms with van der Waals surface area (Å²) in [6.45, 7) is 5.93. The van der Waals surface area contributed by atoms with Crippen LogP contribution in [0.5, 0.6) is 0 Å². The standard InChI is InChI=1S/C17H22ClN7S/c1-10(2)21-6-3-7-25-16-14(15(20)22-9-23-16)24-17(25)26-13-5-4-11(18)8-12(13)19/h4-5,8-10,21H,3,6-7,19H2,1-2H3,(H2,20,22,23). The summed E-state index contributed by atoms with van der Waals surface area (Å²) < 4.78 is 2.06. The summed E-state index contributed by atoms with van der Waals surface area (Å²) in [4.78, 5) is 14.0. The van der Waals surface area contributed by atoms with Crippen LogP contribution in [-0.2, 0) is 6.54 Å². The third kappa shape index (κ3) is 4.20. The van der Waals surface area contributed by atoms with Crippen molar-refractivity contribution in [2.24, 2.45) is 0 Å². The van der Waals surface area contributed by atoms with Gasteiger partial charge in [0.05, 0.1) is 0 Å². The summed E-state index contributed by atoms with van der Waals surface area (Å²) in [5.74, 6) is 0.375. The Labute approximate surface area is 161 Å². The number of hydrogen-bond acceptors (Lipinski definition) is 7. The fourth-order valence-electron chi connectivity index (χ4n) is 2.55. The normalized spacial score (nSPS) is 11.5. The third-order valence-electron chi connectivity index (χ3n) is 3.81. The highest BCUT2D eigenvalue weighted by molar-refractivity contribution is 7.99. The lowest BCUT2D eigenvalue weighted by Crippen LogP contribution is -2.24. The highest BCUT2D eigenvalue weighted by Gasteiger charge is 2.16. The van der Waals surface area contributed by atoms with Crippen molar-refractivity contribution in [1.29, 1.82) is 0 Å². The SMILES string of the molecule is CC(C)NCCCn1c(Sc2ccc(Cl)cc2N)nc2c(N)ncnc21. The molecule has 3 aromatic rings. The van der Waals surface area contributed by atoms with E-state index in [1.807, 2.05) is 12.1 Å².